The van der Waals surface area contributed by atoms with Gasteiger partial charge in [-0.3, -0.25) is 4.79 Å². The van der Waals surface area contributed by atoms with Gasteiger partial charge in [-0.1, -0.05) is 24.8 Å². The zero-order chi connectivity index (χ0) is 35.0. The first kappa shape index (κ1) is 27.6. The lowest BCUT2D eigenvalue weighted by molar-refractivity contribution is -0.111. The highest BCUT2D eigenvalue weighted by Gasteiger charge is 2.45. The molecule has 1 fully saturated rings. The van der Waals surface area contributed by atoms with E-state index in [9.17, 15) is 9.59 Å². The van der Waals surface area contributed by atoms with Crippen LogP contribution >= 0.6 is 0 Å². The number of benzene rings is 2. The number of likely N-dealkylation sites (N-methyl/N-ethyl adjacent to an activating group) is 2. The Labute approximate surface area is 268 Å². The lowest BCUT2D eigenvalue weighted by atomic mass is 10.1. The van der Waals surface area contributed by atoms with Crippen molar-refractivity contribution in [2.24, 2.45) is 6.98 Å². The van der Waals surface area contributed by atoms with Gasteiger partial charge >= 0.3 is 5.97 Å². The van der Waals surface area contributed by atoms with Crippen LogP contribution in [0.2, 0.25) is 0 Å². The summed E-state index contributed by atoms with van der Waals surface area (Å²) in [4.78, 5) is 39.3. The molecule has 4 aromatic rings. The van der Waals surface area contributed by atoms with Crippen molar-refractivity contribution in [3.05, 3.63) is 67.0 Å². The van der Waals surface area contributed by atoms with Crippen LogP contribution < -0.4 is 20.3 Å². The van der Waals surface area contributed by atoms with E-state index in [0.717, 1.165) is 25.1 Å². The number of para-hydroxylation sites is 1. The number of carbonyl (C=O) groups is 2. The Balaban J connectivity index is 1.62. The summed E-state index contributed by atoms with van der Waals surface area (Å²) in [5.74, 6) is -0.480. The van der Waals surface area contributed by atoms with Gasteiger partial charge in [0.25, 0.3) is 0 Å². The van der Waals surface area contributed by atoms with Crippen LogP contribution in [0.25, 0.3) is 22.2 Å². The molecule has 11 heteroatoms. The van der Waals surface area contributed by atoms with Gasteiger partial charge < -0.3 is 34.5 Å². The van der Waals surface area contributed by atoms with Crippen LogP contribution in [0.5, 0.6) is 5.75 Å². The molecule has 5 rings (SSSR count). The number of nitrogens with zero attached hydrogens (tertiary/aromatic N) is 5. The summed E-state index contributed by atoms with van der Waals surface area (Å²) >= 11 is 0. The number of anilines is 4. The maximum absolute atomic E-state index is 13.3. The molecule has 2 aromatic heterocycles. The Hall–Kier alpha value is -4.90. The van der Waals surface area contributed by atoms with Gasteiger partial charge in [-0.2, -0.15) is 0 Å². The third-order valence-corrected chi connectivity index (χ3v) is 8.04. The summed E-state index contributed by atoms with van der Waals surface area (Å²) < 4.78 is 36.8. The fraction of sp³-hybridized carbons (Fsp3) is 0.353. The van der Waals surface area contributed by atoms with Crippen LogP contribution in [0.15, 0.2) is 61.4 Å². The summed E-state index contributed by atoms with van der Waals surface area (Å²) in [6.45, 7) is 5.31. The SMILES string of the molecule is [2H]C([2H])([2H])n1cc(-c2nc(Nc3cc(NC(=O)C=C)c(N(C)CC4(N(C)C)CC4)cc3OC)ncc2C(=O)OC(C)C)c2ccccc21. The standard InChI is InChI=1S/C34H41N7O4/c1-9-30(42)36-25-16-26(29(44-8)17-28(25)41(7)20-34(14-15-34)39(4)5)37-33-35-18-23(32(43)45-21(2)3)31(38-33)24-19-40(6)27-13-11-10-12-22(24)27/h9-13,16-19,21H,1,14-15,20H2,2-8H3,(H,36,42)(H,35,37,38)/i6D3. The highest BCUT2D eigenvalue weighted by atomic mass is 16.5. The third kappa shape index (κ3) is 6.48. The molecule has 0 radical (unpaired) electrons. The summed E-state index contributed by atoms with van der Waals surface area (Å²) in [5.41, 5.74) is 2.87. The lowest BCUT2D eigenvalue weighted by Crippen LogP contribution is -2.41. The smallest absolute Gasteiger partial charge is 0.342 e. The van der Waals surface area contributed by atoms with Crippen molar-refractivity contribution in [2.75, 3.05) is 50.3 Å². The van der Waals surface area contributed by atoms with E-state index >= 15 is 0 Å². The number of methoxy groups -OCH3 is 1. The predicted octanol–water partition coefficient (Wildman–Crippen LogP) is 5.61. The molecule has 0 spiro atoms. The number of esters is 1. The number of amides is 1. The van der Waals surface area contributed by atoms with Gasteiger partial charge in [-0.15, -0.1) is 0 Å². The molecule has 0 saturated heterocycles. The molecule has 11 nitrogen and oxygen atoms in total. The molecule has 1 aliphatic carbocycles. The number of hydrogen-bond donors (Lipinski definition) is 2. The average Bonchev–Trinajstić information content (AvgIpc) is 3.70. The molecule has 1 saturated carbocycles. The molecular weight excluding hydrogens is 570 g/mol. The molecule has 2 aromatic carbocycles. The number of carbonyl (C=O) groups excluding carboxylic acids is 2. The molecule has 0 aliphatic heterocycles. The van der Waals surface area contributed by atoms with Gasteiger partial charge in [0.2, 0.25) is 11.9 Å². The Kier molecular flexibility index (Phi) is 7.74. The van der Waals surface area contributed by atoms with E-state index in [2.05, 4.69) is 46.1 Å². The Morgan fingerprint density at radius 2 is 1.96 bits per heavy atom. The van der Waals surface area contributed by atoms with Crippen LogP contribution in [0.4, 0.5) is 23.0 Å². The zero-order valence-corrected chi connectivity index (χ0v) is 26.5. The minimum Gasteiger partial charge on any atom is -0.494 e. The minimum absolute atomic E-state index is 0.0456. The third-order valence-electron chi connectivity index (χ3n) is 8.04. The molecular formula is C34H41N7O4. The van der Waals surface area contributed by atoms with E-state index in [-0.39, 0.29) is 28.7 Å². The number of ether oxygens (including phenoxy) is 2. The predicted molar refractivity (Wildman–Crippen MR) is 179 cm³/mol. The molecule has 0 atom stereocenters. The van der Waals surface area contributed by atoms with Crippen LogP contribution in [-0.2, 0) is 16.5 Å². The maximum Gasteiger partial charge on any atom is 0.342 e. The monoisotopic (exact) mass is 614 g/mol. The maximum atomic E-state index is 13.3. The second kappa shape index (κ2) is 12.6. The van der Waals surface area contributed by atoms with Gasteiger partial charge in [0, 0.05) is 65.1 Å². The molecule has 2 N–H and O–H groups in total. The molecule has 1 aliphatic rings. The van der Waals surface area contributed by atoms with E-state index in [0.29, 0.717) is 33.6 Å². The van der Waals surface area contributed by atoms with Crippen molar-refractivity contribution in [1.82, 2.24) is 19.4 Å². The van der Waals surface area contributed by atoms with Crippen molar-refractivity contribution in [1.29, 1.82) is 0 Å². The summed E-state index contributed by atoms with van der Waals surface area (Å²) in [5, 5.41) is 6.67. The first-order valence-electron chi connectivity index (χ1n) is 16.2. The second-order valence-electron chi connectivity index (χ2n) is 11.7. The molecule has 45 heavy (non-hydrogen) atoms. The van der Waals surface area contributed by atoms with E-state index in [1.807, 2.05) is 13.1 Å². The number of aromatic nitrogens is 3. The first-order valence-corrected chi connectivity index (χ1v) is 14.7. The van der Waals surface area contributed by atoms with Crippen molar-refractivity contribution < 1.29 is 23.2 Å². The second-order valence-corrected chi connectivity index (χ2v) is 11.7. The number of fused-ring (bicyclic) bond motifs is 1. The van der Waals surface area contributed by atoms with E-state index in [4.69, 9.17) is 18.6 Å². The largest absolute Gasteiger partial charge is 0.494 e. The van der Waals surface area contributed by atoms with Gasteiger partial charge in [-0.05, 0) is 59.0 Å². The summed E-state index contributed by atoms with van der Waals surface area (Å²) in [7, 11) is 7.64. The first-order chi connectivity index (χ1) is 22.7. The zero-order valence-electron chi connectivity index (χ0n) is 29.5. The minimum atomic E-state index is -2.48. The molecule has 0 bridgehead atoms. The van der Waals surface area contributed by atoms with E-state index < -0.39 is 19.0 Å². The quantitative estimate of drug-likeness (QED) is 0.155. The van der Waals surface area contributed by atoms with Crippen LogP contribution in [0.3, 0.4) is 0 Å². The molecule has 236 valence electrons. The normalized spacial score (nSPS) is 14.8. The lowest BCUT2D eigenvalue weighted by Gasteiger charge is -2.32. The molecule has 2 heterocycles. The van der Waals surface area contributed by atoms with Gasteiger partial charge in [-0.25, -0.2) is 14.8 Å². The van der Waals surface area contributed by atoms with E-state index in [1.54, 1.807) is 44.2 Å². The fourth-order valence-electron chi connectivity index (χ4n) is 5.42. The number of rotatable bonds is 12. The van der Waals surface area contributed by atoms with Crippen LogP contribution in [-0.4, -0.2) is 77.8 Å². The van der Waals surface area contributed by atoms with Gasteiger partial charge in [0.05, 0.1) is 36.0 Å². The van der Waals surface area contributed by atoms with Gasteiger partial charge in [0.1, 0.15) is 11.3 Å². The molecule has 1 amide bonds. The average molecular weight is 615 g/mol. The number of aryl methyl sites for hydroxylation is 1. The van der Waals surface area contributed by atoms with Crippen molar-refractivity contribution in [3.8, 4) is 17.0 Å². The van der Waals surface area contributed by atoms with Crippen molar-refractivity contribution >= 4 is 45.8 Å². The highest BCUT2D eigenvalue weighted by molar-refractivity contribution is 6.04. The van der Waals surface area contributed by atoms with Gasteiger partial charge in [0.15, 0.2) is 0 Å². The Morgan fingerprint density at radius 3 is 2.60 bits per heavy atom. The topological polar surface area (TPSA) is 114 Å². The van der Waals surface area contributed by atoms with Crippen LogP contribution in [0, 0.1) is 0 Å². The fourth-order valence-corrected chi connectivity index (χ4v) is 5.42. The summed E-state index contributed by atoms with van der Waals surface area (Å²) in [6, 6.07) is 10.6. The summed E-state index contributed by atoms with van der Waals surface area (Å²) in [6.07, 6.45) is 5.74. The van der Waals surface area contributed by atoms with Crippen LogP contribution in [0.1, 0.15) is 41.2 Å². The highest BCUT2D eigenvalue weighted by Crippen LogP contribution is 2.44. The Morgan fingerprint density at radius 1 is 1.20 bits per heavy atom. The van der Waals surface area contributed by atoms with E-state index in [1.165, 1.54) is 30.1 Å². The number of hydrogen-bond acceptors (Lipinski definition) is 9. The number of nitrogens with one attached hydrogen (secondary N) is 2. The molecule has 0 unspecified atom stereocenters. The Bertz CT molecular complexity index is 1870. The van der Waals surface area contributed by atoms with Crippen molar-refractivity contribution in [2.45, 2.75) is 38.3 Å². The van der Waals surface area contributed by atoms with Crippen molar-refractivity contribution in [3.63, 3.8) is 0 Å².